The summed E-state index contributed by atoms with van der Waals surface area (Å²) in [6, 6.07) is 16.8. The van der Waals surface area contributed by atoms with Gasteiger partial charge in [0.25, 0.3) is 0 Å². The molecule has 0 N–H and O–H groups in total. The van der Waals surface area contributed by atoms with Crippen LogP contribution in [0, 0.1) is 17.5 Å². The predicted octanol–water partition coefficient (Wildman–Crippen LogP) is 4.20. The molecular formula is C23H21F3N2O2S. The summed E-state index contributed by atoms with van der Waals surface area (Å²) in [5, 5.41) is 0. The van der Waals surface area contributed by atoms with Crippen molar-refractivity contribution in [2.24, 2.45) is 0 Å². The van der Waals surface area contributed by atoms with Crippen LogP contribution in [0.25, 0.3) is 0 Å². The quantitative estimate of drug-likeness (QED) is 0.590. The predicted molar refractivity (Wildman–Crippen MR) is 111 cm³/mol. The Morgan fingerprint density at radius 2 is 1.00 bits per heavy atom. The molecule has 8 heteroatoms. The Morgan fingerprint density at radius 3 is 1.42 bits per heavy atom. The average Bonchev–Trinajstić information content (AvgIpc) is 2.77. The van der Waals surface area contributed by atoms with E-state index in [1.54, 1.807) is 24.3 Å². The molecule has 0 atom stereocenters. The standard InChI is InChI=1S/C23H21F3N2O2S/c24-19-5-1-17(2-6-19)23(18-3-7-20(25)8-4-18)27-13-15-28(16-14-27)31(29,30)22-11-9-21(26)10-12-22/h1-12,23H,13-16H2. The molecule has 162 valence electrons. The molecule has 0 amide bonds. The minimum absolute atomic E-state index is 0.0518. The number of piperazine rings is 1. The van der Waals surface area contributed by atoms with Gasteiger partial charge in [-0.2, -0.15) is 4.31 Å². The Balaban J connectivity index is 1.57. The molecule has 0 unspecified atom stereocenters. The van der Waals surface area contributed by atoms with Gasteiger partial charge in [0, 0.05) is 26.2 Å². The van der Waals surface area contributed by atoms with Crippen molar-refractivity contribution in [3.05, 3.63) is 101 Å². The van der Waals surface area contributed by atoms with E-state index >= 15 is 0 Å². The summed E-state index contributed by atoms with van der Waals surface area (Å²) in [5.41, 5.74) is 1.67. The summed E-state index contributed by atoms with van der Waals surface area (Å²) in [5.74, 6) is -1.20. The molecule has 4 rings (SSSR count). The molecule has 3 aromatic carbocycles. The van der Waals surface area contributed by atoms with Gasteiger partial charge in [0.05, 0.1) is 10.9 Å². The Labute approximate surface area is 179 Å². The Hall–Kier alpha value is -2.68. The second-order valence-electron chi connectivity index (χ2n) is 7.40. The van der Waals surface area contributed by atoms with Gasteiger partial charge in [-0.25, -0.2) is 21.6 Å². The van der Waals surface area contributed by atoms with Gasteiger partial charge in [-0.15, -0.1) is 0 Å². The number of nitrogens with zero attached hydrogens (tertiary/aromatic N) is 2. The molecule has 1 heterocycles. The molecule has 0 aromatic heterocycles. The first-order valence-corrected chi connectivity index (χ1v) is 11.3. The van der Waals surface area contributed by atoms with Crippen LogP contribution in [-0.4, -0.2) is 43.8 Å². The third-order valence-electron chi connectivity index (χ3n) is 5.46. The summed E-state index contributed by atoms with van der Waals surface area (Å²) in [7, 11) is -3.73. The van der Waals surface area contributed by atoms with E-state index in [1.807, 2.05) is 0 Å². The monoisotopic (exact) mass is 446 g/mol. The van der Waals surface area contributed by atoms with E-state index in [-0.39, 0.29) is 35.7 Å². The van der Waals surface area contributed by atoms with Crippen LogP contribution in [0.1, 0.15) is 17.2 Å². The molecule has 1 aliphatic rings. The number of rotatable bonds is 5. The third-order valence-corrected chi connectivity index (χ3v) is 7.37. The lowest BCUT2D eigenvalue weighted by Crippen LogP contribution is -2.49. The van der Waals surface area contributed by atoms with E-state index in [2.05, 4.69) is 4.90 Å². The fraction of sp³-hybridized carbons (Fsp3) is 0.217. The second kappa shape index (κ2) is 8.82. The summed E-state index contributed by atoms with van der Waals surface area (Å²) in [6.07, 6.45) is 0. The molecule has 0 saturated carbocycles. The van der Waals surface area contributed by atoms with Crippen molar-refractivity contribution in [2.75, 3.05) is 26.2 Å². The topological polar surface area (TPSA) is 40.6 Å². The van der Waals surface area contributed by atoms with Crippen LogP contribution in [0.2, 0.25) is 0 Å². The van der Waals surface area contributed by atoms with Crippen LogP contribution in [0.3, 0.4) is 0 Å². The molecule has 3 aromatic rings. The van der Waals surface area contributed by atoms with Crippen LogP contribution in [0.4, 0.5) is 13.2 Å². The Bertz CT molecular complexity index is 1080. The van der Waals surface area contributed by atoms with Gasteiger partial charge >= 0.3 is 0 Å². The van der Waals surface area contributed by atoms with Crippen molar-refractivity contribution < 1.29 is 21.6 Å². The molecular weight excluding hydrogens is 425 g/mol. The number of hydrogen-bond donors (Lipinski definition) is 0. The molecule has 4 nitrogen and oxygen atoms in total. The summed E-state index contributed by atoms with van der Waals surface area (Å²) in [6.45, 7) is 1.36. The lowest BCUT2D eigenvalue weighted by atomic mass is 9.96. The fourth-order valence-electron chi connectivity index (χ4n) is 3.86. The smallest absolute Gasteiger partial charge is 0.243 e. The molecule has 0 radical (unpaired) electrons. The highest BCUT2D eigenvalue weighted by Crippen LogP contribution is 2.31. The van der Waals surface area contributed by atoms with E-state index in [1.165, 1.54) is 40.7 Å². The lowest BCUT2D eigenvalue weighted by Gasteiger charge is -2.39. The average molecular weight is 446 g/mol. The van der Waals surface area contributed by atoms with Crippen LogP contribution in [0.5, 0.6) is 0 Å². The van der Waals surface area contributed by atoms with Gasteiger partial charge in [-0.3, -0.25) is 4.90 Å². The minimum atomic E-state index is -3.73. The summed E-state index contributed by atoms with van der Waals surface area (Å²) in [4.78, 5) is 2.15. The first kappa shape index (κ1) is 21.5. The molecule has 1 fully saturated rings. The van der Waals surface area contributed by atoms with Gasteiger partial charge in [0.2, 0.25) is 10.0 Å². The second-order valence-corrected chi connectivity index (χ2v) is 9.34. The molecule has 1 aliphatic heterocycles. The first-order valence-electron chi connectivity index (χ1n) is 9.85. The number of sulfonamides is 1. The van der Waals surface area contributed by atoms with Gasteiger partial charge in [0.15, 0.2) is 0 Å². The maximum Gasteiger partial charge on any atom is 0.243 e. The van der Waals surface area contributed by atoms with E-state index in [0.717, 1.165) is 23.3 Å². The minimum Gasteiger partial charge on any atom is -0.290 e. The molecule has 31 heavy (non-hydrogen) atoms. The Kier molecular flexibility index (Phi) is 6.13. The normalized spacial score (nSPS) is 16.0. The number of halogens is 3. The van der Waals surface area contributed by atoms with Crippen molar-refractivity contribution in [3.63, 3.8) is 0 Å². The van der Waals surface area contributed by atoms with Gasteiger partial charge in [0.1, 0.15) is 17.5 Å². The van der Waals surface area contributed by atoms with Crippen molar-refractivity contribution in [1.82, 2.24) is 9.21 Å². The zero-order chi connectivity index (χ0) is 22.0. The van der Waals surface area contributed by atoms with E-state index in [9.17, 15) is 21.6 Å². The van der Waals surface area contributed by atoms with Gasteiger partial charge in [-0.1, -0.05) is 24.3 Å². The fourth-order valence-corrected chi connectivity index (χ4v) is 5.28. The molecule has 0 bridgehead atoms. The summed E-state index contributed by atoms with van der Waals surface area (Å²) >= 11 is 0. The largest absolute Gasteiger partial charge is 0.290 e. The molecule has 0 spiro atoms. The van der Waals surface area contributed by atoms with Crippen molar-refractivity contribution in [1.29, 1.82) is 0 Å². The van der Waals surface area contributed by atoms with E-state index in [4.69, 9.17) is 0 Å². The van der Waals surface area contributed by atoms with Crippen LogP contribution < -0.4 is 0 Å². The molecule has 0 aliphatic carbocycles. The first-order chi connectivity index (χ1) is 14.8. The summed E-state index contributed by atoms with van der Waals surface area (Å²) < 4.78 is 67.2. The lowest BCUT2D eigenvalue weighted by molar-refractivity contribution is 0.155. The molecule has 1 saturated heterocycles. The van der Waals surface area contributed by atoms with E-state index < -0.39 is 15.8 Å². The van der Waals surface area contributed by atoms with Crippen molar-refractivity contribution in [2.45, 2.75) is 10.9 Å². The zero-order valence-electron chi connectivity index (χ0n) is 16.6. The van der Waals surface area contributed by atoms with Crippen LogP contribution in [0.15, 0.2) is 77.7 Å². The maximum atomic E-state index is 13.5. The highest BCUT2D eigenvalue weighted by atomic mass is 32.2. The highest BCUT2D eigenvalue weighted by molar-refractivity contribution is 7.89. The number of hydrogen-bond acceptors (Lipinski definition) is 3. The highest BCUT2D eigenvalue weighted by Gasteiger charge is 2.32. The maximum absolute atomic E-state index is 13.5. The van der Waals surface area contributed by atoms with Crippen LogP contribution in [-0.2, 0) is 10.0 Å². The van der Waals surface area contributed by atoms with Crippen LogP contribution >= 0.6 is 0 Å². The third kappa shape index (κ3) is 4.66. The van der Waals surface area contributed by atoms with Crippen molar-refractivity contribution in [3.8, 4) is 0 Å². The SMILES string of the molecule is O=S(=O)(c1ccc(F)cc1)N1CCN(C(c2ccc(F)cc2)c2ccc(F)cc2)CC1. The van der Waals surface area contributed by atoms with Crippen molar-refractivity contribution >= 4 is 10.0 Å². The number of benzene rings is 3. The van der Waals surface area contributed by atoms with E-state index in [0.29, 0.717) is 13.1 Å². The zero-order valence-corrected chi connectivity index (χ0v) is 17.4. The Morgan fingerprint density at radius 1 is 0.613 bits per heavy atom. The van der Waals surface area contributed by atoms with Gasteiger partial charge < -0.3 is 0 Å². The van der Waals surface area contributed by atoms with Gasteiger partial charge in [-0.05, 0) is 59.7 Å².